The quantitative estimate of drug-likeness (QED) is 0.501. The number of nitrogens with two attached hydrogens (primary N) is 1. The average Bonchev–Trinajstić information content (AvgIpc) is 3.16. The van der Waals surface area contributed by atoms with Gasteiger partial charge in [-0.25, -0.2) is 0 Å². The van der Waals surface area contributed by atoms with Gasteiger partial charge in [-0.3, -0.25) is 9.36 Å². The van der Waals surface area contributed by atoms with Crippen molar-refractivity contribution in [1.29, 1.82) is 0 Å². The maximum atomic E-state index is 13.0. The van der Waals surface area contributed by atoms with E-state index < -0.39 is 6.23 Å². The lowest BCUT2D eigenvalue weighted by atomic mass is 10.1. The van der Waals surface area contributed by atoms with Gasteiger partial charge in [-0.1, -0.05) is 6.07 Å². The maximum Gasteiger partial charge on any atom is 0.254 e. The number of nitrogens with one attached hydrogen (secondary N) is 1. The first-order valence-corrected chi connectivity index (χ1v) is 11.4. The van der Waals surface area contributed by atoms with Crippen molar-refractivity contribution in [1.82, 2.24) is 4.57 Å². The number of hydrogen-bond donors (Lipinski definition) is 2. The summed E-state index contributed by atoms with van der Waals surface area (Å²) in [5.41, 5.74) is 6.59. The smallest absolute Gasteiger partial charge is 0.254 e. The third-order valence-electron chi connectivity index (χ3n) is 5.42. The zero-order valence-corrected chi connectivity index (χ0v) is 19.6. The van der Waals surface area contributed by atoms with Crippen LogP contribution >= 0.6 is 0 Å². The standard InChI is InChI=1S/C24H33N3O6/c1-14(2)30-13-21-19(31-15(3)4)11-23(33-21)27-12-20-16(10-22(27)28)26-24-17(29-9-8-25)6-5-7-18(24)32-20/h5-7,10,12,14-15,19,21,23,26H,8-9,11,13,25H2,1-4H3/t19?,21-,23-/m1/s1. The molecule has 2 aliphatic heterocycles. The molecule has 2 aromatic rings. The number of anilines is 2. The fourth-order valence-corrected chi connectivity index (χ4v) is 4.00. The molecule has 0 bridgehead atoms. The van der Waals surface area contributed by atoms with Crippen LogP contribution in [0.4, 0.5) is 11.4 Å². The van der Waals surface area contributed by atoms with Crippen molar-refractivity contribution in [3.8, 4) is 17.2 Å². The van der Waals surface area contributed by atoms with E-state index in [0.717, 1.165) is 0 Å². The minimum Gasteiger partial charge on any atom is -0.490 e. The van der Waals surface area contributed by atoms with Crippen LogP contribution in [-0.2, 0) is 14.2 Å². The second-order valence-corrected chi connectivity index (χ2v) is 8.76. The lowest BCUT2D eigenvalue weighted by Crippen LogP contribution is -2.32. The number of nitrogens with zero attached hydrogens (tertiary/aromatic N) is 1. The Hall–Kier alpha value is -2.59. The van der Waals surface area contributed by atoms with Gasteiger partial charge in [-0.05, 0) is 39.8 Å². The van der Waals surface area contributed by atoms with E-state index in [4.69, 9.17) is 29.4 Å². The molecule has 0 spiro atoms. The first kappa shape index (κ1) is 23.6. The summed E-state index contributed by atoms with van der Waals surface area (Å²) in [5.74, 6) is 1.76. The topological polar surface area (TPSA) is 106 Å². The normalized spacial score (nSPS) is 21.5. The number of fused-ring (bicyclic) bond motifs is 2. The lowest BCUT2D eigenvalue weighted by Gasteiger charge is -2.25. The van der Waals surface area contributed by atoms with Gasteiger partial charge < -0.3 is 34.7 Å². The Bertz CT molecular complexity index is 1020. The van der Waals surface area contributed by atoms with Crippen molar-refractivity contribution in [3.05, 3.63) is 40.8 Å². The SMILES string of the molecule is CC(C)OC[C@H]1O[C@@H](n2cc3c(cc2=O)Nc2c(OCCN)cccc2O3)CC1OC(C)C. The van der Waals surface area contributed by atoms with Crippen molar-refractivity contribution in [2.75, 3.05) is 25.1 Å². The molecule has 3 N–H and O–H groups in total. The predicted octanol–water partition coefficient (Wildman–Crippen LogP) is 3.54. The van der Waals surface area contributed by atoms with Crippen molar-refractivity contribution < 1.29 is 23.7 Å². The predicted molar refractivity (Wildman–Crippen MR) is 125 cm³/mol. The molecule has 0 aliphatic carbocycles. The number of rotatable bonds is 9. The first-order chi connectivity index (χ1) is 15.9. The number of para-hydroxylation sites is 1. The molecular weight excluding hydrogens is 426 g/mol. The highest BCUT2D eigenvalue weighted by atomic mass is 16.6. The number of ether oxygens (including phenoxy) is 5. The summed E-state index contributed by atoms with van der Waals surface area (Å²) < 4.78 is 31.4. The fourth-order valence-electron chi connectivity index (χ4n) is 4.00. The van der Waals surface area contributed by atoms with Crippen molar-refractivity contribution in [2.24, 2.45) is 5.73 Å². The van der Waals surface area contributed by atoms with E-state index >= 15 is 0 Å². The van der Waals surface area contributed by atoms with Crippen molar-refractivity contribution in [3.63, 3.8) is 0 Å². The Morgan fingerprint density at radius 3 is 2.76 bits per heavy atom. The molecule has 2 aliphatic rings. The highest BCUT2D eigenvalue weighted by Gasteiger charge is 2.38. The van der Waals surface area contributed by atoms with E-state index in [9.17, 15) is 4.79 Å². The summed E-state index contributed by atoms with van der Waals surface area (Å²) in [6, 6.07) is 7.03. The third kappa shape index (κ3) is 5.33. The lowest BCUT2D eigenvalue weighted by molar-refractivity contribution is -0.0961. The Balaban J connectivity index is 1.57. The molecule has 0 saturated carbocycles. The highest BCUT2D eigenvalue weighted by molar-refractivity contribution is 5.79. The molecule has 3 heterocycles. The van der Waals surface area contributed by atoms with Crippen LogP contribution in [0, 0.1) is 0 Å². The van der Waals surface area contributed by atoms with Gasteiger partial charge >= 0.3 is 0 Å². The van der Waals surface area contributed by atoms with Crippen molar-refractivity contribution in [2.45, 2.75) is 64.8 Å². The fraction of sp³-hybridized carbons (Fsp3) is 0.542. The second kappa shape index (κ2) is 10.1. The summed E-state index contributed by atoms with van der Waals surface area (Å²) in [6.07, 6.45) is 1.45. The summed E-state index contributed by atoms with van der Waals surface area (Å²) in [6.45, 7) is 9.12. The first-order valence-electron chi connectivity index (χ1n) is 11.4. The zero-order valence-electron chi connectivity index (χ0n) is 19.6. The van der Waals surface area contributed by atoms with Gasteiger partial charge in [0.05, 0.1) is 36.8 Å². The monoisotopic (exact) mass is 459 g/mol. The molecule has 1 saturated heterocycles. The van der Waals surface area contributed by atoms with E-state index in [2.05, 4.69) is 5.32 Å². The van der Waals surface area contributed by atoms with Crippen LogP contribution in [0.2, 0.25) is 0 Å². The van der Waals surface area contributed by atoms with Crippen LogP contribution in [0.5, 0.6) is 17.2 Å². The van der Waals surface area contributed by atoms with Crippen molar-refractivity contribution >= 4 is 11.4 Å². The molecule has 3 atom stereocenters. The number of hydrogen-bond acceptors (Lipinski definition) is 8. The van der Waals surface area contributed by atoms with Gasteiger partial charge in [0.15, 0.2) is 11.5 Å². The minimum absolute atomic E-state index is 0.0406. The van der Waals surface area contributed by atoms with Gasteiger partial charge in [0.2, 0.25) is 0 Å². The molecular formula is C24H33N3O6. The van der Waals surface area contributed by atoms with Crippen LogP contribution in [0.1, 0.15) is 40.3 Å². The van der Waals surface area contributed by atoms with E-state index in [1.807, 2.05) is 45.9 Å². The summed E-state index contributed by atoms with van der Waals surface area (Å²) >= 11 is 0. The Morgan fingerprint density at radius 2 is 2.03 bits per heavy atom. The van der Waals surface area contributed by atoms with E-state index in [-0.39, 0.29) is 30.0 Å². The number of aromatic nitrogens is 1. The summed E-state index contributed by atoms with van der Waals surface area (Å²) in [5, 5.41) is 3.26. The molecule has 4 rings (SSSR count). The summed E-state index contributed by atoms with van der Waals surface area (Å²) in [4.78, 5) is 13.0. The zero-order chi connectivity index (χ0) is 23.5. The minimum atomic E-state index is -0.475. The largest absolute Gasteiger partial charge is 0.490 e. The third-order valence-corrected chi connectivity index (χ3v) is 5.42. The van der Waals surface area contributed by atoms with Crippen LogP contribution in [0.15, 0.2) is 35.3 Å². The van der Waals surface area contributed by atoms with Gasteiger partial charge in [0.25, 0.3) is 5.56 Å². The molecule has 0 radical (unpaired) electrons. The van der Waals surface area contributed by atoms with Gasteiger partial charge in [0.1, 0.15) is 30.4 Å². The molecule has 33 heavy (non-hydrogen) atoms. The Labute approximate surface area is 193 Å². The van der Waals surface area contributed by atoms with Crippen LogP contribution < -0.4 is 26.1 Å². The maximum absolute atomic E-state index is 13.0. The highest BCUT2D eigenvalue weighted by Crippen LogP contribution is 2.46. The van der Waals surface area contributed by atoms with E-state index in [0.29, 0.717) is 54.8 Å². The van der Waals surface area contributed by atoms with Gasteiger partial charge in [-0.15, -0.1) is 0 Å². The molecule has 0 amide bonds. The number of benzene rings is 1. The second-order valence-electron chi connectivity index (χ2n) is 8.76. The van der Waals surface area contributed by atoms with Gasteiger partial charge in [0, 0.05) is 19.0 Å². The van der Waals surface area contributed by atoms with E-state index in [1.165, 1.54) is 6.07 Å². The average molecular weight is 460 g/mol. The summed E-state index contributed by atoms with van der Waals surface area (Å²) in [7, 11) is 0. The molecule has 1 fully saturated rings. The molecule has 9 heteroatoms. The van der Waals surface area contributed by atoms with Crippen LogP contribution in [0.25, 0.3) is 0 Å². The van der Waals surface area contributed by atoms with Gasteiger partial charge in [-0.2, -0.15) is 0 Å². The molecule has 1 aromatic heterocycles. The van der Waals surface area contributed by atoms with Crippen LogP contribution in [-0.4, -0.2) is 48.7 Å². The number of pyridine rings is 1. The molecule has 9 nitrogen and oxygen atoms in total. The Morgan fingerprint density at radius 1 is 1.21 bits per heavy atom. The van der Waals surface area contributed by atoms with Crippen LogP contribution in [0.3, 0.4) is 0 Å². The molecule has 1 aromatic carbocycles. The Kier molecular flexibility index (Phi) is 7.23. The van der Waals surface area contributed by atoms with E-state index in [1.54, 1.807) is 10.8 Å². The molecule has 180 valence electrons. The molecule has 1 unspecified atom stereocenters.